The maximum absolute atomic E-state index is 11.8. The van der Waals surface area contributed by atoms with E-state index in [0.717, 1.165) is 20.6 Å². The Hall–Kier alpha value is -0.530. The van der Waals surface area contributed by atoms with Gasteiger partial charge >= 0.3 is 0 Å². The van der Waals surface area contributed by atoms with Gasteiger partial charge in [0.05, 0.1) is 0 Å². The average Bonchev–Trinajstić information content (AvgIpc) is 2.92. The lowest BCUT2D eigenvalue weighted by Crippen LogP contribution is -2.25. The summed E-state index contributed by atoms with van der Waals surface area (Å²) in [7, 11) is 0. The van der Waals surface area contributed by atoms with Crippen molar-refractivity contribution in [2.75, 3.05) is 12.3 Å². The van der Waals surface area contributed by atoms with Crippen LogP contribution in [0.3, 0.4) is 0 Å². The first-order valence-corrected chi connectivity index (χ1v) is 9.01. The summed E-state index contributed by atoms with van der Waals surface area (Å²) in [6, 6.07) is 11.8. The molecule has 0 atom stereocenters. The smallest absolute Gasteiger partial charge is 0.251 e. The van der Waals surface area contributed by atoms with Gasteiger partial charge in [-0.25, -0.2) is 0 Å². The molecule has 1 N–H and O–H groups in total. The average molecular weight is 403 g/mol. The molecular weight excluding hydrogens is 389 g/mol. The van der Waals surface area contributed by atoms with Gasteiger partial charge in [0.1, 0.15) is 0 Å². The fourth-order valence-corrected chi connectivity index (χ4v) is 3.57. The highest BCUT2D eigenvalue weighted by Crippen LogP contribution is 2.16. The van der Waals surface area contributed by atoms with Crippen molar-refractivity contribution in [1.82, 2.24) is 5.32 Å². The summed E-state index contributed by atoms with van der Waals surface area (Å²) in [6.07, 6.45) is 0. The van der Waals surface area contributed by atoms with Crippen LogP contribution in [0, 0.1) is 3.57 Å². The highest BCUT2D eigenvalue weighted by Gasteiger charge is 2.03. The van der Waals surface area contributed by atoms with E-state index in [1.54, 1.807) is 11.3 Å². The van der Waals surface area contributed by atoms with E-state index in [4.69, 9.17) is 0 Å². The van der Waals surface area contributed by atoms with Gasteiger partial charge in [-0.05, 0) is 58.3 Å². The molecule has 2 rings (SSSR count). The highest BCUT2D eigenvalue weighted by atomic mass is 127. The molecule has 19 heavy (non-hydrogen) atoms. The molecule has 2 nitrogen and oxygen atoms in total. The molecule has 1 heterocycles. The lowest BCUT2D eigenvalue weighted by atomic mass is 10.2. The zero-order valence-corrected chi connectivity index (χ0v) is 14.1. The fourth-order valence-electron chi connectivity index (χ4n) is 1.51. The Morgan fingerprint density at radius 2 is 2.05 bits per heavy atom. The second-order valence-corrected chi connectivity index (χ2v) is 7.28. The predicted octanol–water partition coefficient (Wildman–Crippen LogP) is 4.02. The van der Waals surface area contributed by atoms with Crippen molar-refractivity contribution in [2.45, 2.75) is 5.75 Å². The number of rotatable bonds is 6. The molecule has 100 valence electrons. The van der Waals surface area contributed by atoms with E-state index in [0.29, 0.717) is 6.54 Å². The summed E-state index contributed by atoms with van der Waals surface area (Å²) in [5.74, 6) is 1.97. The van der Waals surface area contributed by atoms with Gasteiger partial charge in [0.25, 0.3) is 5.91 Å². The molecular formula is C14H14INOS2. The van der Waals surface area contributed by atoms with Crippen molar-refractivity contribution >= 4 is 51.6 Å². The first kappa shape index (κ1) is 14.9. The summed E-state index contributed by atoms with van der Waals surface area (Å²) >= 11 is 5.85. The fraction of sp³-hybridized carbons (Fsp3) is 0.214. The van der Waals surface area contributed by atoms with Crippen LogP contribution in [0.1, 0.15) is 15.2 Å². The zero-order chi connectivity index (χ0) is 13.5. The van der Waals surface area contributed by atoms with Crippen LogP contribution < -0.4 is 5.32 Å². The van der Waals surface area contributed by atoms with E-state index in [2.05, 4.69) is 45.4 Å². The SMILES string of the molecule is O=C(NCCSCc1cccs1)c1ccc(I)cc1. The molecule has 2 aromatic rings. The van der Waals surface area contributed by atoms with Gasteiger partial charge in [-0.2, -0.15) is 11.8 Å². The minimum atomic E-state index is 0.00752. The van der Waals surface area contributed by atoms with Gasteiger partial charge in [-0.15, -0.1) is 11.3 Å². The predicted molar refractivity (Wildman–Crippen MR) is 92.0 cm³/mol. The van der Waals surface area contributed by atoms with Crippen molar-refractivity contribution in [2.24, 2.45) is 0 Å². The van der Waals surface area contributed by atoms with Crippen LogP contribution in [-0.2, 0) is 5.75 Å². The molecule has 1 aromatic heterocycles. The lowest BCUT2D eigenvalue weighted by molar-refractivity contribution is 0.0956. The summed E-state index contributed by atoms with van der Waals surface area (Å²) in [6.45, 7) is 0.709. The van der Waals surface area contributed by atoms with Crippen LogP contribution in [0.25, 0.3) is 0 Å². The largest absolute Gasteiger partial charge is 0.351 e. The van der Waals surface area contributed by atoms with Crippen LogP contribution >= 0.6 is 45.7 Å². The molecule has 0 radical (unpaired) electrons. The van der Waals surface area contributed by atoms with E-state index >= 15 is 0 Å². The minimum absolute atomic E-state index is 0.00752. The maximum Gasteiger partial charge on any atom is 0.251 e. The third kappa shape index (κ3) is 5.16. The molecule has 0 saturated heterocycles. The third-order valence-corrected chi connectivity index (χ3v) is 5.25. The summed E-state index contributed by atoms with van der Waals surface area (Å²) < 4.78 is 1.14. The molecule has 0 aliphatic carbocycles. The molecule has 1 amide bonds. The zero-order valence-electron chi connectivity index (χ0n) is 10.3. The highest BCUT2D eigenvalue weighted by molar-refractivity contribution is 14.1. The molecule has 0 aliphatic heterocycles. The minimum Gasteiger partial charge on any atom is -0.351 e. The van der Waals surface area contributed by atoms with Gasteiger partial charge in [0.2, 0.25) is 0 Å². The molecule has 0 aliphatic rings. The monoisotopic (exact) mass is 403 g/mol. The van der Waals surface area contributed by atoms with Crippen molar-refractivity contribution in [3.63, 3.8) is 0 Å². The Balaban J connectivity index is 1.65. The van der Waals surface area contributed by atoms with Gasteiger partial charge < -0.3 is 5.32 Å². The van der Waals surface area contributed by atoms with E-state index in [-0.39, 0.29) is 5.91 Å². The van der Waals surface area contributed by atoms with Crippen LogP contribution in [0.15, 0.2) is 41.8 Å². The number of thiophene rings is 1. The quantitative estimate of drug-likeness (QED) is 0.583. The first-order valence-electron chi connectivity index (χ1n) is 5.89. The molecule has 0 fully saturated rings. The van der Waals surface area contributed by atoms with Crippen LogP contribution in [-0.4, -0.2) is 18.2 Å². The molecule has 0 unspecified atom stereocenters. The second-order valence-electron chi connectivity index (χ2n) is 3.89. The number of benzene rings is 1. The van der Waals surface area contributed by atoms with E-state index < -0.39 is 0 Å². The third-order valence-electron chi connectivity index (χ3n) is 2.46. The molecule has 0 saturated carbocycles. The molecule has 0 spiro atoms. The second kappa shape index (κ2) is 7.91. The Morgan fingerprint density at radius 3 is 2.74 bits per heavy atom. The van der Waals surface area contributed by atoms with E-state index in [1.807, 2.05) is 36.0 Å². The van der Waals surface area contributed by atoms with E-state index in [1.165, 1.54) is 4.88 Å². The van der Waals surface area contributed by atoms with Gasteiger partial charge in [-0.1, -0.05) is 6.07 Å². The first-order chi connectivity index (χ1) is 9.25. The number of carbonyl (C=O) groups is 1. The Labute approximate surface area is 135 Å². The summed E-state index contributed by atoms with van der Waals surface area (Å²) in [5, 5.41) is 5.03. The lowest BCUT2D eigenvalue weighted by Gasteiger charge is -2.05. The topological polar surface area (TPSA) is 29.1 Å². The van der Waals surface area contributed by atoms with Crippen molar-refractivity contribution in [1.29, 1.82) is 0 Å². The van der Waals surface area contributed by atoms with Crippen molar-refractivity contribution < 1.29 is 4.79 Å². The standard InChI is InChI=1S/C14H14INOS2/c15-12-5-3-11(4-6-12)14(17)16-7-9-18-10-13-2-1-8-19-13/h1-6,8H,7,9-10H2,(H,16,17). The Kier molecular flexibility index (Phi) is 6.19. The van der Waals surface area contributed by atoms with Gasteiger partial charge in [0, 0.05) is 32.1 Å². The number of carbonyl (C=O) groups excluding carboxylic acids is 1. The van der Waals surface area contributed by atoms with Crippen LogP contribution in [0.5, 0.6) is 0 Å². The van der Waals surface area contributed by atoms with Crippen molar-refractivity contribution in [3.05, 3.63) is 55.8 Å². The van der Waals surface area contributed by atoms with Crippen LogP contribution in [0.4, 0.5) is 0 Å². The number of halogens is 1. The number of hydrogen-bond donors (Lipinski definition) is 1. The number of nitrogens with one attached hydrogen (secondary N) is 1. The Bertz CT molecular complexity index is 511. The van der Waals surface area contributed by atoms with Gasteiger partial charge in [-0.3, -0.25) is 4.79 Å². The summed E-state index contributed by atoms with van der Waals surface area (Å²) in [4.78, 5) is 13.2. The molecule has 5 heteroatoms. The molecule has 0 bridgehead atoms. The Morgan fingerprint density at radius 1 is 1.26 bits per heavy atom. The maximum atomic E-state index is 11.8. The number of amides is 1. The van der Waals surface area contributed by atoms with Gasteiger partial charge in [0.15, 0.2) is 0 Å². The normalized spacial score (nSPS) is 10.4. The van der Waals surface area contributed by atoms with Crippen LogP contribution in [0.2, 0.25) is 0 Å². The molecule has 1 aromatic carbocycles. The van der Waals surface area contributed by atoms with E-state index in [9.17, 15) is 4.79 Å². The number of hydrogen-bond acceptors (Lipinski definition) is 3. The summed E-state index contributed by atoms with van der Waals surface area (Å²) in [5.41, 5.74) is 0.726. The number of thioether (sulfide) groups is 1. The van der Waals surface area contributed by atoms with Crippen molar-refractivity contribution in [3.8, 4) is 0 Å².